The summed E-state index contributed by atoms with van der Waals surface area (Å²) < 4.78 is 15.1. The first-order valence-electron chi connectivity index (χ1n) is 4.95. The minimum atomic E-state index is -0.259. The Balaban J connectivity index is 1.66. The number of nitrogens with one attached hydrogen (secondary N) is 1. The van der Waals surface area contributed by atoms with Crippen molar-refractivity contribution >= 4 is 11.5 Å². The summed E-state index contributed by atoms with van der Waals surface area (Å²) in [5.74, 6) is 0. The second-order valence-corrected chi connectivity index (χ2v) is 3.93. The topological polar surface area (TPSA) is 60.0 Å². The standard InChI is InChI=1S/C10H13N3O2S/c1-8(14-6-9-2-4-11-12-9)15-7-10-3-5-16-13-10/h2-5,8H,6-7H2,1H3,(H,11,12). The van der Waals surface area contributed by atoms with E-state index in [1.807, 2.05) is 24.4 Å². The molecule has 0 fully saturated rings. The molecule has 2 rings (SSSR count). The van der Waals surface area contributed by atoms with Gasteiger partial charge in [-0.05, 0) is 30.6 Å². The lowest BCUT2D eigenvalue weighted by Gasteiger charge is -2.12. The van der Waals surface area contributed by atoms with Crippen molar-refractivity contribution in [2.24, 2.45) is 0 Å². The molecule has 2 aromatic rings. The lowest BCUT2D eigenvalue weighted by atomic mass is 10.4. The molecule has 16 heavy (non-hydrogen) atoms. The zero-order valence-electron chi connectivity index (χ0n) is 8.92. The van der Waals surface area contributed by atoms with Crippen LogP contribution in [0.3, 0.4) is 0 Å². The Labute approximate surface area is 97.6 Å². The van der Waals surface area contributed by atoms with E-state index in [1.54, 1.807) is 6.20 Å². The summed E-state index contributed by atoms with van der Waals surface area (Å²) in [6.45, 7) is 2.81. The van der Waals surface area contributed by atoms with E-state index in [9.17, 15) is 0 Å². The Morgan fingerprint density at radius 3 is 2.94 bits per heavy atom. The molecule has 1 unspecified atom stereocenters. The number of ether oxygens (including phenoxy) is 2. The summed E-state index contributed by atoms with van der Waals surface area (Å²) in [7, 11) is 0. The summed E-state index contributed by atoms with van der Waals surface area (Å²) in [4.78, 5) is 0. The maximum Gasteiger partial charge on any atom is 0.155 e. The van der Waals surface area contributed by atoms with Crippen LogP contribution in [0.2, 0.25) is 0 Å². The van der Waals surface area contributed by atoms with Crippen molar-refractivity contribution in [3.63, 3.8) is 0 Å². The number of H-pyrrole nitrogens is 1. The first-order chi connectivity index (χ1) is 7.84. The normalized spacial score (nSPS) is 12.8. The summed E-state index contributed by atoms with van der Waals surface area (Å²) >= 11 is 1.42. The molecule has 1 atom stereocenters. The molecule has 0 spiro atoms. The Hall–Kier alpha value is -1.24. The average molecular weight is 239 g/mol. The number of hydrogen-bond donors (Lipinski definition) is 1. The van der Waals surface area contributed by atoms with Crippen LogP contribution < -0.4 is 0 Å². The van der Waals surface area contributed by atoms with Crippen LogP contribution in [0.4, 0.5) is 0 Å². The summed E-state index contributed by atoms with van der Waals surface area (Å²) in [5, 5.41) is 8.58. The lowest BCUT2D eigenvalue weighted by Crippen LogP contribution is -2.13. The van der Waals surface area contributed by atoms with Gasteiger partial charge in [-0.3, -0.25) is 5.10 Å². The molecule has 0 aliphatic carbocycles. The van der Waals surface area contributed by atoms with E-state index in [4.69, 9.17) is 9.47 Å². The highest BCUT2D eigenvalue weighted by atomic mass is 32.1. The van der Waals surface area contributed by atoms with Crippen molar-refractivity contribution in [3.05, 3.63) is 35.1 Å². The van der Waals surface area contributed by atoms with E-state index in [-0.39, 0.29) is 6.29 Å². The summed E-state index contributed by atoms with van der Waals surface area (Å²) in [5.41, 5.74) is 1.87. The van der Waals surface area contributed by atoms with Gasteiger partial charge in [0.1, 0.15) is 0 Å². The fourth-order valence-corrected chi connectivity index (χ4v) is 1.66. The van der Waals surface area contributed by atoms with Gasteiger partial charge in [-0.2, -0.15) is 9.47 Å². The van der Waals surface area contributed by atoms with Gasteiger partial charge in [-0.1, -0.05) is 0 Å². The SMILES string of the molecule is CC(OCc1ccsn1)OCc1ccn[nH]1. The molecule has 6 heteroatoms. The highest BCUT2D eigenvalue weighted by Crippen LogP contribution is 2.06. The second kappa shape index (κ2) is 5.74. The number of aromatic amines is 1. The largest absolute Gasteiger partial charge is 0.347 e. The van der Waals surface area contributed by atoms with Crippen molar-refractivity contribution < 1.29 is 9.47 Å². The van der Waals surface area contributed by atoms with Gasteiger partial charge in [0.25, 0.3) is 0 Å². The number of nitrogens with zero attached hydrogens (tertiary/aromatic N) is 2. The number of hydrogen-bond acceptors (Lipinski definition) is 5. The Kier molecular flexibility index (Phi) is 4.03. The predicted molar refractivity (Wildman–Crippen MR) is 59.7 cm³/mol. The van der Waals surface area contributed by atoms with Gasteiger partial charge in [0.2, 0.25) is 0 Å². The highest BCUT2D eigenvalue weighted by Gasteiger charge is 2.04. The molecule has 0 aromatic carbocycles. The van der Waals surface area contributed by atoms with Gasteiger partial charge in [0, 0.05) is 11.6 Å². The molecule has 0 aliphatic heterocycles. The van der Waals surface area contributed by atoms with Crippen molar-refractivity contribution in [3.8, 4) is 0 Å². The molecule has 0 amide bonds. The van der Waals surface area contributed by atoms with E-state index < -0.39 is 0 Å². The molecule has 2 heterocycles. The maximum atomic E-state index is 5.47. The molecular formula is C10H13N3O2S. The first kappa shape index (κ1) is 11.3. The summed E-state index contributed by atoms with van der Waals surface area (Å²) in [6, 6.07) is 3.80. The van der Waals surface area contributed by atoms with E-state index in [0.29, 0.717) is 13.2 Å². The molecular weight excluding hydrogens is 226 g/mol. The van der Waals surface area contributed by atoms with Gasteiger partial charge in [0.05, 0.1) is 24.6 Å². The molecule has 86 valence electrons. The number of aromatic nitrogens is 3. The number of rotatable bonds is 6. The third kappa shape index (κ3) is 3.41. The monoisotopic (exact) mass is 239 g/mol. The smallest absolute Gasteiger partial charge is 0.155 e. The van der Waals surface area contributed by atoms with E-state index in [1.165, 1.54) is 11.5 Å². The quantitative estimate of drug-likeness (QED) is 0.783. The van der Waals surface area contributed by atoms with Crippen molar-refractivity contribution in [1.29, 1.82) is 0 Å². The van der Waals surface area contributed by atoms with Crippen LogP contribution in [0.5, 0.6) is 0 Å². The zero-order chi connectivity index (χ0) is 11.2. The van der Waals surface area contributed by atoms with Crippen LogP contribution in [-0.4, -0.2) is 20.9 Å². The van der Waals surface area contributed by atoms with Crippen molar-refractivity contribution in [2.45, 2.75) is 26.4 Å². The van der Waals surface area contributed by atoms with Crippen LogP contribution >= 0.6 is 11.5 Å². The molecule has 5 nitrogen and oxygen atoms in total. The van der Waals surface area contributed by atoms with Crippen molar-refractivity contribution in [1.82, 2.24) is 14.6 Å². The van der Waals surface area contributed by atoms with Crippen molar-refractivity contribution in [2.75, 3.05) is 0 Å². The Morgan fingerprint density at radius 2 is 2.25 bits per heavy atom. The van der Waals surface area contributed by atoms with Crippen LogP contribution in [-0.2, 0) is 22.7 Å². The molecule has 0 saturated heterocycles. The van der Waals surface area contributed by atoms with Gasteiger partial charge in [0.15, 0.2) is 6.29 Å². The van der Waals surface area contributed by atoms with Gasteiger partial charge in [-0.15, -0.1) is 0 Å². The molecule has 0 radical (unpaired) electrons. The highest BCUT2D eigenvalue weighted by molar-refractivity contribution is 7.03. The maximum absolute atomic E-state index is 5.47. The minimum absolute atomic E-state index is 0.259. The Bertz CT molecular complexity index is 350. The van der Waals surface area contributed by atoms with Crippen LogP contribution in [0, 0.1) is 0 Å². The third-order valence-electron chi connectivity index (χ3n) is 1.99. The van der Waals surface area contributed by atoms with Gasteiger partial charge < -0.3 is 9.47 Å². The van der Waals surface area contributed by atoms with Crippen LogP contribution in [0.15, 0.2) is 23.7 Å². The van der Waals surface area contributed by atoms with E-state index in [2.05, 4.69) is 14.6 Å². The zero-order valence-corrected chi connectivity index (χ0v) is 9.74. The molecule has 0 bridgehead atoms. The molecule has 2 aromatic heterocycles. The Morgan fingerprint density at radius 1 is 1.38 bits per heavy atom. The van der Waals surface area contributed by atoms with Crippen LogP contribution in [0.25, 0.3) is 0 Å². The minimum Gasteiger partial charge on any atom is -0.347 e. The van der Waals surface area contributed by atoms with E-state index >= 15 is 0 Å². The predicted octanol–water partition coefficient (Wildman–Crippen LogP) is 1.95. The molecule has 0 saturated carbocycles. The van der Waals surface area contributed by atoms with Gasteiger partial charge >= 0.3 is 0 Å². The van der Waals surface area contributed by atoms with E-state index in [0.717, 1.165) is 11.4 Å². The summed E-state index contributed by atoms with van der Waals surface area (Å²) in [6.07, 6.45) is 1.43. The second-order valence-electron chi connectivity index (χ2n) is 3.26. The van der Waals surface area contributed by atoms with Crippen LogP contribution in [0.1, 0.15) is 18.3 Å². The lowest BCUT2D eigenvalue weighted by molar-refractivity contribution is -0.146. The van der Waals surface area contributed by atoms with Gasteiger partial charge in [-0.25, -0.2) is 0 Å². The fraction of sp³-hybridized carbons (Fsp3) is 0.400. The first-order valence-corrected chi connectivity index (χ1v) is 5.79. The molecule has 0 aliphatic rings. The fourth-order valence-electron chi connectivity index (χ4n) is 1.14. The average Bonchev–Trinajstić information content (AvgIpc) is 2.96. The third-order valence-corrected chi connectivity index (χ3v) is 2.59. The molecule has 1 N–H and O–H groups in total.